The molecule has 4 atom stereocenters. The second-order valence-corrected chi connectivity index (χ2v) is 7.98. The van der Waals surface area contributed by atoms with Gasteiger partial charge in [0.15, 0.2) is 5.82 Å². The second-order valence-electron chi connectivity index (χ2n) is 7.57. The highest BCUT2D eigenvalue weighted by Gasteiger charge is 2.56. The number of rotatable bonds is 4. The summed E-state index contributed by atoms with van der Waals surface area (Å²) in [5.74, 6) is -0.967. The number of likely N-dealkylation sites (tertiary alicyclic amines) is 2. The number of carbonyl (C=O) groups excluding carboxylic acids is 2. The minimum Gasteiger partial charge on any atom is -0.338 e. The summed E-state index contributed by atoms with van der Waals surface area (Å²) >= 11 is 5.74. The van der Waals surface area contributed by atoms with E-state index in [1.807, 2.05) is 6.07 Å². The van der Waals surface area contributed by atoms with Crippen LogP contribution < -0.4 is 5.32 Å². The fourth-order valence-corrected chi connectivity index (χ4v) is 4.50. The van der Waals surface area contributed by atoms with Gasteiger partial charge in [0, 0.05) is 25.6 Å². The van der Waals surface area contributed by atoms with Gasteiger partial charge in [0.1, 0.15) is 12.2 Å². The zero-order valence-electron chi connectivity index (χ0n) is 14.9. The summed E-state index contributed by atoms with van der Waals surface area (Å²) in [4.78, 5) is 27.7. The molecule has 3 aliphatic rings. The summed E-state index contributed by atoms with van der Waals surface area (Å²) in [5, 5.41) is 12.1. The SMILES string of the molecule is N#C[C@@H]1C[C@H](F)CN1C(=O)CNC1C2CN(C(=O)c3cccc(Cl)c3F)CC21. The number of amides is 2. The van der Waals surface area contributed by atoms with Crippen molar-refractivity contribution in [1.82, 2.24) is 15.1 Å². The van der Waals surface area contributed by atoms with Crippen LogP contribution in [0.25, 0.3) is 0 Å². The molecule has 1 aromatic rings. The molecule has 0 radical (unpaired) electrons. The Kier molecular flexibility index (Phi) is 4.98. The van der Waals surface area contributed by atoms with Crippen molar-refractivity contribution in [3.63, 3.8) is 0 Å². The number of nitrogens with one attached hydrogen (secondary N) is 1. The van der Waals surface area contributed by atoms with E-state index in [1.165, 1.54) is 17.0 Å². The van der Waals surface area contributed by atoms with Gasteiger partial charge in [0.05, 0.1) is 29.7 Å². The zero-order valence-corrected chi connectivity index (χ0v) is 15.7. The molecule has 2 aliphatic heterocycles. The van der Waals surface area contributed by atoms with E-state index < -0.39 is 18.0 Å². The number of hydrogen-bond acceptors (Lipinski definition) is 4. The number of carbonyl (C=O) groups is 2. The summed E-state index contributed by atoms with van der Waals surface area (Å²) in [6.45, 7) is 0.972. The normalized spacial score (nSPS) is 30.9. The van der Waals surface area contributed by atoms with Crippen molar-refractivity contribution in [1.29, 1.82) is 5.26 Å². The van der Waals surface area contributed by atoms with Crippen molar-refractivity contribution < 1.29 is 18.4 Å². The molecule has 28 heavy (non-hydrogen) atoms. The maximum Gasteiger partial charge on any atom is 0.256 e. The Labute approximate surface area is 166 Å². The van der Waals surface area contributed by atoms with Crippen molar-refractivity contribution >= 4 is 23.4 Å². The Hall–Kier alpha value is -2.24. The first kappa shape index (κ1) is 19.1. The monoisotopic (exact) mass is 408 g/mol. The van der Waals surface area contributed by atoms with Gasteiger partial charge >= 0.3 is 0 Å². The molecular weight excluding hydrogens is 390 g/mol. The molecular formula is C19H19ClF2N4O2. The molecule has 3 fully saturated rings. The summed E-state index contributed by atoms with van der Waals surface area (Å²) in [5.41, 5.74) is -0.0363. The summed E-state index contributed by atoms with van der Waals surface area (Å²) in [6.07, 6.45) is -1.09. The molecule has 0 spiro atoms. The topological polar surface area (TPSA) is 76.4 Å². The van der Waals surface area contributed by atoms with Crippen LogP contribution in [0.2, 0.25) is 5.02 Å². The number of halogens is 3. The van der Waals surface area contributed by atoms with E-state index in [0.717, 1.165) is 0 Å². The molecule has 9 heteroatoms. The quantitative estimate of drug-likeness (QED) is 0.821. The lowest BCUT2D eigenvalue weighted by Gasteiger charge is -2.22. The maximum absolute atomic E-state index is 14.1. The molecule has 6 nitrogen and oxygen atoms in total. The Morgan fingerprint density at radius 1 is 1.29 bits per heavy atom. The molecule has 0 aromatic heterocycles. The highest BCUT2D eigenvalue weighted by molar-refractivity contribution is 6.31. The van der Waals surface area contributed by atoms with E-state index >= 15 is 0 Å². The van der Waals surface area contributed by atoms with Crippen LogP contribution in [-0.4, -0.2) is 66.0 Å². The number of benzene rings is 1. The molecule has 0 bridgehead atoms. The van der Waals surface area contributed by atoms with Crippen LogP contribution in [0.5, 0.6) is 0 Å². The smallest absolute Gasteiger partial charge is 0.256 e. The fraction of sp³-hybridized carbons (Fsp3) is 0.526. The zero-order chi connectivity index (χ0) is 20.0. The van der Waals surface area contributed by atoms with Crippen molar-refractivity contribution in [3.05, 3.63) is 34.6 Å². The summed E-state index contributed by atoms with van der Waals surface area (Å²) < 4.78 is 27.5. The number of piperidine rings is 1. The van der Waals surface area contributed by atoms with Gasteiger partial charge in [-0.2, -0.15) is 5.26 Å². The molecule has 1 aromatic carbocycles. The number of nitriles is 1. The first-order chi connectivity index (χ1) is 13.4. The lowest BCUT2D eigenvalue weighted by atomic mass is 10.2. The van der Waals surface area contributed by atoms with Gasteiger partial charge in [0.2, 0.25) is 5.91 Å². The van der Waals surface area contributed by atoms with E-state index in [2.05, 4.69) is 5.32 Å². The van der Waals surface area contributed by atoms with Crippen LogP contribution in [0.4, 0.5) is 8.78 Å². The van der Waals surface area contributed by atoms with Gasteiger partial charge in [-0.3, -0.25) is 9.59 Å². The molecule has 1 saturated carbocycles. The molecule has 2 unspecified atom stereocenters. The predicted octanol–water partition coefficient (Wildman–Crippen LogP) is 1.60. The van der Waals surface area contributed by atoms with Crippen LogP contribution in [-0.2, 0) is 4.79 Å². The number of alkyl halides is 1. The van der Waals surface area contributed by atoms with Crippen molar-refractivity contribution in [2.75, 3.05) is 26.2 Å². The van der Waals surface area contributed by atoms with E-state index in [1.54, 1.807) is 11.0 Å². The van der Waals surface area contributed by atoms with E-state index in [4.69, 9.17) is 16.9 Å². The Balaban J connectivity index is 1.28. The summed E-state index contributed by atoms with van der Waals surface area (Å²) in [6, 6.07) is 5.72. The molecule has 1 aliphatic carbocycles. The minimum atomic E-state index is -1.15. The molecule has 4 rings (SSSR count). The lowest BCUT2D eigenvalue weighted by Crippen LogP contribution is -2.43. The average molecular weight is 409 g/mol. The van der Waals surface area contributed by atoms with E-state index in [-0.39, 0.29) is 59.8 Å². The third kappa shape index (κ3) is 3.33. The van der Waals surface area contributed by atoms with Crippen LogP contribution in [0.15, 0.2) is 18.2 Å². The van der Waals surface area contributed by atoms with Gasteiger partial charge in [-0.1, -0.05) is 17.7 Å². The number of nitrogens with zero attached hydrogens (tertiary/aromatic N) is 3. The Morgan fingerprint density at radius 3 is 2.68 bits per heavy atom. The van der Waals surface area contributed by atoms with E-state index in [0.29, 0.717) is 13.1 Å². The Bertz CT molecular complexity index is 849. The first-order valence-electron chi connectivity index (χ1n) is 9.20. The second kappa shape index (κ2) is 7.30. The van der Waals surface area contributed by atoms with Crippen LogP contribution in [0.3, 0.4) is 0 Å². The van der Waals surface area contributed by atoms with Crippen molar-refractivity contribution in [3.8, 4) is 6.07 Å². The minimum absolute atomic E-state index is 0.0363. The molecule has 148 valence electrons. The van der Waals surface area contributed by atoms with Crippen molar-refractivity contribution in [2.45, 2.75) is 24.7 Å². The van der Waals surface area contributed by atoms with Gasteiger partial charge in [0.25, 0.3) is 5.91 Å². The fourth-order valence-electron chi connectivity index (χ4n) is 4.32. The van der Waals surface area contributed by atoms with Gasteiger partial charge in [-0.25, -0.2) is 8.78 Å². The highest BCUT2D eigenvalue weighted by Crippen LogP contribution is 2.46. The molecule has 2 heterocycles. The number of hydrogen-bond donors (Lipinski definition) is 1. The van der Waals surface area contributed by atoms with Gasteiger partial charge in [-0.05, 0) is 24.0 Å². The average Bonchev–Trinajstić information content (AvgIpc) is 3.00. The number of fused-ring (bicyclic) bond motifs is 1. The van der Waals surface area contributed by atoms with Crippen LogP contribution in [0.1, 0.15) is 16.8 Å². The largest absolute Gasteiger partial charge is 0.338 e. The third-order valence-electron chi connectivity index (χ3n) is 5.87. The Morgan fingerprint density at radius 2 is 2.00 bits per heavy atom. The van der Waals surface area contributed by atoms with Crippen molar-refractivity contribution in [2.24, 2.45) is 11.8 Å². The standard InChI is InChI=1S/C19H19ClF2N4O2/c20-15-3-1-2-12(17(15)22)19(28)25-8-13-14(9-25)18(13)24-6-16(27)26-7-10(21)4-11(26)5-23/h1-3,10-11,13-14,18,24H,4,6-9H2/t10-,11-,13?,14?,18?/m0/s1. The molecule has 2 amide bonds. The van der Waals surface area contributed by atoms with Crippen LogP contribution >= 0.6 is 11.6 Å². The lowest BCUT2D eigenvalue weighted by molar-refractivity contribution is -0.130. The van der Waals surface area contributed by atoms with Gasteiger partial charge < -0.3 is 15.1 Å². The predicted molar refractivity (Wildman–Crippen MR) is 96.7 cm³/mol. The third-order valence-corrected chi connectivity index (χ3v) is 6.16. The molecule has 1 N–H and O–H groups in total. The van der Waals surface area contributed by atoms with Crippen LogP contribution in [0, 0.1) is 29.0 Å². The van der Waals surface area contributed by atoms with E-state index in [9.17, 15) is 18.4 Å². The molecule has 2 saturated heterocycles. The first-order valence-corrected chi connectivity index (χ1v) is 9.58. The van der Waals surface area contributed by atoms with Gasteiger partial charge in [-0.15, -0.1) is 0 Å². The maximum atomic E-state index is 14.1. The highest BCUT2D eigenvalue weighted by atomic mass is 35.5. The summed E-state index contributed by atoms with van der Waals surface area (Å²) in [7, 11) is 0.